The molecule has 0 radical (unpaired) electrons. The largest absolute Gasteiger partial charge is 0.481 e. The summed E-state index contributed by atoms with van der Waals surface area (Å²) in [6, 6.07) is 6.41. The fourth-order valence-electron chi connectivity index (χ4n) is 3.19. The van der Waals surface area contributed by atoms with Gasteiger partial charge in [-0.1, -0.05) is 19.1 Å². The van der Waals surface area contributed by atoms with Crippen LogP contribution in [-0.2, 0) is 16.0 Å². The summed E-state index contributed by atoms with van der Waals surface area (Å²) in [6.07, 6.45) is 2.30. The number of halogens is 1. The van der Waals surface area contributed by atoms with Gasteiger partial charge in [-0.2, -0.15) is 0 Å². The normalized spacial score (nSPS) is 22.7. The zero-order chi connectivity index (χ0) is 17.0. The number of likely N-dealkylation sites (tertiary alicyclic amines) is 1. The molecule has 0 aromatic heterocycles. The predicted molar refractivity (Wildman–Crippen MR) is 85.4 cm³/mol. The molecule has 1 fully saturated rings. The van der Waals surface area contributed by atoms with Crippen LogP contribution in [0.4, 0.5) is 4.39 Å². The molecule has 1 saturated heterocycles. The molecule has 0 spiro atoms. The third-order valence-corrected chi connectivity index (χ3v) is 4.56. The standard InChI is InChI=1S/C18H24FNO3/c1-13(9-14-5-3-6-15(19)11-14)10-16(21)20-8-4-7-18(2,12-20)17(22)23/h3,5-6,11,13H,4,7-10,12H2,1-2H3,(H,22,23). The Kier molecular flexibility index (Phi) is 5.39. The zero-order valence-corrected chi connectivity index (χ0v) is 13.7. The van der Waals surface area contributed by atoms with Crippen LogP contribution in [-0.4, -0.2) is 35.0 Å². The van der Waals surface area contributed by atoms with Gasteiger partial charge in [-0.25, -0.2) is 4.39 Å². The molecule has 1 aliphatic rings. The van der Waals surface area contributed by atoms with E-state index in [1.54, 1.807) is 17.9 Å². The monoisotopic (exact) mass is 321 g/mol. The van der Waals surface area contributed by atoms with Crippen molar-refractivity contribution in [1.82, 2.24) is 4.90 Å². The minimum Gasteiger partial charge on any atom is -0.481 e. The van der Waals surface area contributed by atoms with Crippen molar-refractivity contribution >= 4 is 11.9 Å². The first-order chi connectivity index (χ1) is 10.8. The van der Waals surface area contributed by atoms with E-state index in [-0.39, 0.29) is 24.2 Å². The maximum absolute atomic E-state index is 13.2. The Labute approximate surface area is 136 Å². The molecular formula is C18H24FNO3. The minimum absolute atomic E-state index is 0.0129. The molecule has 1 heterocycles. The summed E-state index contributed by atoms with van der Waals surface area (Å²) in [5.74, 6) is -1.04. The fraction of sp³-hybridized carbons (Fsp3) is 0.556. The van der Waals surface area contributed by atoms with E-state index in [2.05, 4.69) is 0 Å². The molecule has 4 nitrogen and oxygen atoms in total. The third-order valence-electron chi connectivity index (χ3n) is 4.56. The van der Waals surface area contributed by atoms with Gasteiger partial charge in [-0.15, -0.1) is 0 Å². The number of hydrogen-bond acceptors (Lipinski definition) is 2. The minimum atomic E-state index is -0.848. The number of rotatable bonds is 5. The van der Waals surface area contributed by atoms with Crippen molar-refractivity contribution in [2.24, 2.45) is 11.3 Å². The van der Waals surface area contributed by atoms with E-state index in [9.17, 15) is 19.1 Å². The lowest BCUT2D eigenvalue weighted by Gasteiger charge is -2.38. The first-order valence-corrected chi connectivity index (χ1v) is 8.06. The van der Waals surface area contributed by atoms with Crippen LogP contribution in [0.15, 0.2) is 24.3 Å². The predicted octanol–water partition coefficient (Wildman–Crippen LogP) is 3.11. The van der Waals surface area contributed by atoms with Gasteiger partial charge in [-0.05, 0) is 49.8 Å². The van der Waals surface area contributed by atoms with Crippen molar-refractivity contribution in [2.45, 2.75) is 39.5 Å². The van der Waals surface area contributed by atoms with E-state index >= 15 is 0 Å². The van der Waals surface area contributed by atoms with Gasteiger partial charge in [0, 0.05) is 19.5 Å². The number of carboxylic acids is 1. The van der Waals surface area contributed by atoms with E-state index in [0.717, 1.165) is 5.56 Å². The molecule has 2 rings (SSSR count). The van der Waals surface area contributed by atoms with E-state index in [4.69, 9.17) is 0 Å². The highest BCUT2D eigenvalue weighted by Crippen LogP contribution is 2.30. The molecular weight excluding hydrogens is 297 g/mol. The molecule has 2 unspecified atom stereocenters. The van der Waals surface area contributed by atoms with Crippen LogP contribution in [0.3, 0.4) is 0 Å². The summed E-state index contributed by atoms with van der Waals surface area (Å²) in [5.41, 5.74) is 0.0269. The molecule has 0 aliphatic carbocycles. The van der Waals surface area contributed by atoms with Gasteiger partial charge in [0.2, 0.25) is 5.91 Å². The summed E-state index contributed by atoms with van der Waals surface area (Å²) in [7, 11) is 0. The number of amides is 1. The Balaban J connectivity index is 1.92. The van der Waals surface area contributed by atoms with Crippen LogP contribution in [0.1, 0.15) is 38.7 Å². The number of carbonyl (C=O) groups is 2. The smallest absolute Gasteiger partial charge is 0.311 e. The number of carboxylic acid groups (broad SMARTS) is 1. The van der Waals surface area contributed by atoms with Crippen molar-refractivity contribution in [3.05, 3.63) is 35.6 Å². The Morgan fingerprint density at radius 2 is 2.17 bits per heavy atom. The number of piperidine rings is 1. The second kappa shape index (κ2) is 7.11. The quantitative estimate of drug-likeness (QED) is 0.906. The highest BCUT2D eigenvalue weighted by molar-refractivity contribution is 5.79. The van der Waals surface area contributed by atoms with Gasteiger partial charge in [0.05, 0.1) is 5.41 Å². The molecule has 23 heavy (non-hydrogen) atoms. The van der Waals surface area contributed by atoms with Crippen LogP contribution in [0.2, 0.25) is 0 Å². The lowest BCUT2D eigenvalue weighted by molar-refractivity contribution is -0.153. The zero-order valence-electron chi connectivity index (χ0n) is 13.7. The van der Waals surface area contributed by atoms with Gasteiger partial charge in [-0.3, -0.25) is 9.59 Å². The Hall–Kier alpha value is -1.91. The highest BCUT2D eigenvalue weighted by Gasteiger charge is 2.39. The molecule has 126 valence electrons. The molecule has 1 aliphatic heterocycles. The van der Waals surface area contributed by atoms with Crippen molar-refractivity contribution in [3.63, 3.8) is 0 Å². The van der Waals surface area contributed by atoms with Crippen molar-refractivity contribution in [2.75, 3.05) is 13.1 Å². The molecule has 1 aromatic rings. The van der Waals surface area contributed by atoms with Crippen LogP contribution in [0.5, 0.6) is 0 Å². The van der Waals surface area contributed by atoms with Crippen molar-refractivity contribution in [1.29, 1.82) is 0 Å². The highest BCUT2D eigenvalue weighted by atomic mass is 19.1. The topological polar surface area (TPSA) is 57.6 Å². The Morgan fingerprint density at radius 3 is 2.83 bits per heavy atom. The van der Waals surface area contributed by atoms with Gasteiger partial charge in [0.25, 0.3) is 0 Å². The Bertz CT molecular complexity index is 589. The summed E-state index contributed by atoms with van der Waals surface area (Å²) in [5, 5.41) is 9.33. The molecule has 1 aromatic carbocycles. The van der Waals surface area contributed by atoms with Crippen LogP contribution in [0, 0.1) is 17.2 Å². The lowest BCUT2D eigenvalue weighted by Crippen LogP contribution is -2.48. The Morgan fingerprint density at radius 1 is 1.43 bits per heavy atom. The second-order valence-electron chi connectivity index (χ2n) is 6.93. The summed E-state index contributed by atoms with van der Waals surface area (Å²) < 4.78 is 13.2. The van der Waals surface area contributed by atoms with Crippen molar-refractivity contribution in [3.8, 4) is 0 Å². The van der Waals surface area contributed by atoms with Crippen molar-refractivity contribution < 1.29 is 19.1 Å². The molecule has 0 saturated carbocycles. The van der Waals surface area contributed by atoms with Crippen LogP contribution >= 0.6 is 0 Å². The van der Waals surface area contributed by atoms with E-state index in [1.165, 1.54) is 12.1 Å². The van der Waals surface area contributed by atoms with Gasteiger partial charge < -0.3 is 10.0 Å². The van der Waals surface area contributed by atoms with E-state index in [0.29, 0.717) is 32.2 Å². The first-order valence-electron chi connectivity index (χ1n) is 8.06. The summed E-state index contributed by atoms with van der Waals surface area (Å²) in [6.45, 7) is 4.55. The van der Waals surface area contributed by atoms with Crippen LogP contribution in [0.25, 0.3) is 0 Å². The van der Waals surface area contributed by atoms with Gasteiger partial charge in [0.1, 0.15) is 5.82 Å². The number of aliphatic carboxylic acids is 1. The maximum Gasteiger partial charge on any atom is 0.311 e. The molecule has 1 amide bonds. The molecule has 2 atom stereocenters. The van der Waals surface area contributed by atoms with Crippen LogP contribution < -0.4 is 0 Å². The number of carbonyl (C=O) groups excluding carboxylic acids is 1. The van der Waals surface area contributed by atoms with Gasteiger partial charge in [0.15, 0.2) is 0 Å². The SMILES string of the molecule is CC(CC(=O)N1CCCC(C)(C(=O)O)C1)Cc1cccc(F)c1. The van der Waals surface area contributed by atoms with E-state index < -0.39 is 11.4 Å². The maximum atomic E-state index is 13.2. The van der Waals surface area contributed by atoms with E-state index in [1.807, 2.05) is 13.0 Å². The summed E-state index contributed by atoms with van der Waals surface area (Å²) in [4.78, 5) is 25.5. The number of nitrogens with zero attached hydrogens (tertiary/aromatic N) is 1. The first kappa shape index (κ1) is 17.4. The fourth-order valence-corrected chi connectivity index (χ4v) is 3.19. The molecule has 5 heteroatoms. The summed E-state index contributed by atoms with van der Waals surface area (Å²) >= 11 is 0. The third kappa shape index (κ3) is 4.53. The number of hydrogen-bond donors (Lipinski definition) is 1. The van der Waals surface area contributed by atoms with Gasteiger partial charge >= 0.3 is 5.97 Å². The molecule has 0 bridgehead atoms. The molecule has 1 N–H and O–H groups in total. The average molecular weight is 321 g/mol. The number of benzene rings is 1. The second-order valence-corrected chi connectivity index (χ2v) is 6.93. The average Bonchev–Trinajstić information content (AvgIpc) is 2.47. The lowest BCUT2D eigenvalue weighted by atomic mass is 9.81.